The van der Waals surface area contributed by atoms with Gasteiger partial charge in [-0.25, -0.2) is 0 Å². The molecule has 2 heterocycles. The fraction of sp³-hybridized carbons (Fsp3) is 0.105. The van der Waals surface area contributed by atoms with E-state index in [1.165, 1.54) is 0 Å². The van der Waals surface area contributed by atoms with Crippen molar-refractivity contribution >= 4 is 16.8 Å². The highest BCUT2D eigenvalue weighted by Gasteiger charge is 2.10. The lowest BCUT2D eigenvalue weighted by Gasteiger charge is -2.08. The van der Waals surface area contributed by atoms with Crippen LogP contribution < -0.4 is 5.32 Å². The van der Waals surface area contributed by atoms with Gasteiger partial charge in [0.25, 0.3) is 5.91 Å². The van der Waals surface area contributed by atoms with Crippen molar-refractivity contribution in [2.24, 2.45) is 0 Å². The molecule has 2 aromatic carbocycles. The van der Waals surface area contributed by atoms with Crippen molar-refractivity contribution < 1.29 is 9.21 Å². The second-order valence-corrected chi connectivity index (χ2v) is 5.69. The third-order valence-electron chi connectivity index (χ3n) is 3.95. The van der Waals surface area contributed by atoms with Gasteiger partial charge in [-0.2, -0.15) is 0 Å². The summed E-state index contributed by atoms with van der Waals surface area (Å²) in [5, 5.41) is 11.6. The van der Waals surface area contributed by atoms with Crippen molar-refractivity contribution in [3.63, 3.8) is 0 Å². The van der Waals surface area contributed by atoms with Gasteiger partial charge in [0.15, 0.2) is 0 Å². The molecule has 1 N–H and O–H groups in total. The molecule has 6 nitrogen and oxygen atoms in total. The number of benzene rings is 2. The van der Waals surface area contributed by atoms with E-state index >= 15 is 0 Å². The molecule has 4 rings (SSSR count). The van der Waals surface area contributed by atoms with Crippen molar-refractivity contribution in [1.29, 1.82) is 0 Å². The third-order valence-corrected chi connectivity index (χ3v) is 3.95. The summed E-state index contributed by atoms with van der Waals surface area (Å²) >= 11 is 0. The van der Waals surface area contributed by atoms with Crippen LogP contribution in [0.15, 0.2) is 65.2 Å². The molecule has 0 aliphatic heterocycles. The summed E-state index contributed by atoms with van der Waals surface area (Å²) in [7, 11) is 0. The number of rotatable bonds is 4. The molecule has 4 aromatic rings. The molecule has 1 amide bonds. The van der Waals surface area contributed by atoms with Gasteiger partial charge in [-0.1, -0.05) is 24.3 Å². The quantitative estimate of drug-likeness (QED) is 0.622. The lowest BCUT2D eigenvalue weighted by atomic mass is 10.2. The van der Waals surface area contributed by atoms with Crippen LogP contribution in [0.3, 0.4) is 0 Å². The van der Waals surface area contributed by atoms with Crippen LogP contribution >= 0.6 is 0 Å². The van der Waals surface area contributed by atoms with Crippen LogP contribution in [0.5, 0.6) is 0 Å². The number of para-hydroxylation sites is 1. The molecule has 25 heavy (non-hydrogen) atoms. The van der Waals surface area contributed by atoms with Gasteiger partial charge in [-0.3, -0.25) is 4.79 Å². The van der Waals surface area contributed by atoms with Gasteiger partial charge in [-0.15, -0.1) is 10.2 Å². The minimum Gasteiger partial charge on any atom is -0.424 e. The molecular weight excluding hydrogens is 316 g/mol. The average molecular weight is 332 g/mol. The van der Waals surface area contributed by atoms with Gasteiger partial charge >= 0.3 is 0 Å². The maximum Gasteiger partial charge on any atom is 0.251 e. The zero-order chi connectivity index (χ0) is 17.2. The van der Waals surface area contributed by atoms with Crippen molar-refractivity contribution in [2.45, 2.75) is 13.5 Å². The van der Waals surface area contributed by atoms with E-state index < -0.39 is 0 Å². The van der Waals surface area contributed by atoms with E-state index in [1.54, 1.807) is 13.0 Å². The van der Waals surface area contributed by atoms with E-state index in [4.69, 9.17) is 4.42 Å². The molecule has 0 saturated carbocycles. The Balaban J connectivity index is 1.57. The number of fused-ring (bicyclic) bond motifs is 1. The van der Waals surface area contributed by atoms with Crippen LogP contribution in [0, 0.1) is 6.92 Å². The van der Waals surface area contributed by atoms with Crippen LogP contribution in [0.2, 0.25) is 0 Å². The van der Waals surface area contributed by atoms with Gasteiger partial charge in [0.2, 0.25) is 11.8 Å². The Kier molecular flexibility index (Phi) is 3.78. The summed E-state index contributed by atoms with van der Waals surface area (Å²) < 4.78 is 7.32. The number of aryl methyl sites for hydroxylation is 1. The predicted octanol–water partition coefficient (Wildman–Crippen LogP) is 3.25. The molecule has 0 fully saturated rings. The minimum atomic E-state index is -0.186. The molecule has 0 unspecified atom stereocenters. The van der Waals surface area contributed by atoms with Gasteiger partial charge in [-0.05, 0) is 35.7 Å². The maximum atomic E-state index is 12.4. The van der Waals surface area contributed by atoms with Crippen molar-refractivity contribution in [1.82, 2.24) is 20.1 Å². The normalized spacial score (nSPS) is 10.9. The first kappa shape index (κ1) is 15.1. The maximum absolute atomic E-state index is 12.4. The Hall–Kier alpha value is -3.41. The zero-order valence-corrected chi connectivity index (χ0v) is 13.6. The summed E-state index contributed by atoms with van der Waals surface area (Å²) in [5.41, 5.74) is 2.61. The van der Waals surface area contributed by atoms with Crippen molar-refractivity contribution in [3.8, 4) is 5.69 Å². The SMILES string of the molecule is Cc1nnc(CNC(=O)c2cccc(-n3ccc4ccccc43)c2)o1. The van der Waals surface area contributed by atoms with Crippen molar-refractivity contribution in [2.75, 3.05) is 0 Å². The summed E-state index contributed by atoms with van der Waals surface area (Å²) in [6.07, 6.45) is 2.00. The van der Waals surface area contributed by atoms with Crippen LogP contribution in [0.4, 0.5) is 0 Å². The van der Waals surface area contributed by atoms with E-state index in [9.17, 15) is 4.79 Å². The van der Waals surface area contributed by atoms with Crippen LogP contribution in [-0.4, -0.2) is 20.7 Å². The number of aromatic nitrogens is 3. The number of hydrogen-bond acceptors (Lipinski definition) is 4. The molecule has 0 aliphatic carbocycles. The first-order valence-electron chi connectivity index (χ1n) is 7.94. The summed E-state index contributed by atoms with van der Waals surface area (Å²) in [6, 6.07) is 17.7. The molecule has 0 saturated heterocycles. The van der Waals surface area contributed by atoms with Crippen LogP contribution in [-0.2, 0) is 6.54 Å². The summed E-state index contributed by atoms with van der Waals surface area (Å²) in [4.78, 5) is 12.4. The highest BCUT2D eigenvalue weighted by atomic mass is 16.4. The first-order valence-corrected chi connectivity index (χ1v) is 7.94. The lowest BCUT2D eigenvalue weighted by molar-refractivity contribution is 0.0947. The van der Waals surface area contributed by atoms with Gasteiger partial charge in [0.05, 0.1) is 12.1 Å². The third kappa shape index (κ3) is 3.01. The Morgan fingerprint density at radius 3 is 2.84 bits per heavy atom. The topological polar surface area (TPSA) is 73.0 Å². The second kappa shape index (κ2) is 6.24. The fourth-order valence-electron chi connectivity index (χ4n) is 2.77. The van der Waals surface area contributed by atoms with Gasteiger partial charge in [0.1, 0.15) is 0 Å². The number of carbonyl (C=O) groups is 1. The molecule has 0 aliphatic rings. The molecule has 6 heteroatoms. The fourth-order valence-corrected chi connectivity index (χ4v) is 2.77. The number of amides is 1. The highest BCUT2D eigenvalue weighted by molar-refractivity contribution is 5.94. The number of nitrogens with one attached hydrogen (secondary N) is 1. The number of hydrogen-bond donors (Lipinski definition) is 1. The number of carbonyl (C=O) groups excluding carboxylic acids is 1. The first-order chi connectivity index (χ1) is 12.2. The molecule has 0 spiro atoms. The highest BCUT2D eigenvalue weighted by Crippen LogP contribution is 2.20. The Bertz CT molecular complexity index is 1050. The van der Waals surface area contributed by atoms with E-state index in [-0.39, 0.29) is 12.5 Å². The van der Waals surface area contributed by atoms with Gasteiger partial charge < -0.3 is 14.3 Å². The lowest BCUT2D eigenvalue weighted by Crippen LogP contribution is -2.23. The second-order valence-electron chi connectivity index (χ2n) is 5.69. The molecule has 0 bridgehead atoms. The molecule has 0 atom stereocenters. The average Bonchev–Trinajstić information content (AvgIpc) is 3.26. The number of nitrogens with zero attached hydrogens (tertiary/aromatic N) is 3. The standard InChI is InChI=1S/C19H16N4O2/c1-13-21-22-18(25-13)12-20-19(24)15-6-4-7-16(11-15)23-10-9-14-5-2-3-8-17(14)23/h2-11H,12H2,1H3,(H,20,24). The van der Waals surface area contributed by atoms with E-state index in [0.29, 0.717) is 17.3 Å². The Morgan fingerprint density at radius 1 is 1.12 bits per heavy atom. The van der Waals surface area contributed by atoms with E-state index in [1.807, 2.05) is 36.5 Å². The Labute approximate surface area is 144 Å². The zero-order valence-electron chi connectivity index (χ0n) is 13.6. The predicted molar refractivity (Wildman–Crippen MR) is 93.5 cm³/mol. The van der Waals surface area contributed by atoms with Gasteiger partial charge in [0, 0.05) is 24.4 Å². The summed E-state index contributed by atoms with van der Waals surface area (Å²) in [5.74, 6) is 0.679. The van der Waals surface area contributed by atoms with Crippen molar-refractivity contribution in [3.05, 3.63) is 78.1 Å². The minimum absolute atomic E-state index is 0.186. The monoisotopic (exact) mass is 332 g/mol. The molecular formula is C19H16N4O2. The molecule has 0 radical (unpaired) electrons. The van der Waals surface area contributed by atoms with Crippen LogP contribution in [0.25, 0.3) is 16.6 Å². The largest absolute Gasteiger partial charge is 0.424 e. The van der Waals surface area contributed by atoms with Crippen LogP contribution in [0.1, 0.15) is 22.1 Å². The summed E-state index contributed by atoms with van der Waals surface area (Å²) in [6.45, 7) is 1.92. The Morgan fingerprint density at radius 2 is 2.00 bits per heavy atom. The van der Waals surface area contributed by atoms with E-state index in [2.05, 4.69) is 38.3 Å². The van der Waals surface area contributed by atoms with E-state index in [0.717, 1.165) is 16.6 Å². The smallest absolute Gasteiger partial charge is 0.251 e. The molecule has 124 valence electrons. The molecule has 2 aromatic heterocycles.